The summed E-state index contributed by atoms with van der Waals surface area (Å²) in [6, 6.07) is 11.4. The van der Waals surface area contributed by atoms with Crippen LogP contribution in [0.2, 0.25) is 0 Å². The molecule has 0 saturated heterocycles. The monoisotopic (exact) mass is 362 g/mol. The smallest absolute Gasteiger partial charge is 0.273 e. The van der Waals surface area contributed by atoms with Gasteiger partial charge >= 0.3 is 0 Å². The number of hydrogen-bond donors (Lipinski definition) is 1. The third-order valence-corrected chi connectivity index (χ3v) is 4.38. The third kappa shape index (κ3) is 3.35. The highest BCUT2D eigenvalue weighted by Crippen LogP contribution is 2.22. The van der Waals surface area contributed by atoms with Gasteiger partial charge in [0, 0.05) is 23.3 Å². The number of hydrogen-bond acceptors (Lipinski definition) is 6. The fraction of sp³-hybridized carbons (Fsp3) is 0.0556. The number of carbonyl (C=O) groups is 1. The zero-order valence-electron chi connectivity index (χ0n) is 13.6. The van der Waals surface area contributed by atoms with E-state index in [4.69, 9.17) is 0 Å². The van der Waals surface area contributed by atoms with Crippen LogP contribution in [0.4, 0.5) is 0 Å². The number of aromatic nitrogens is 5. The normalized spacial score (nSPS) is 10.6. The summed E-state index contributed by atoms with van der Waals surface area (Å²) in [5.74, 6) is -0.311. The second kappa shape index (κ2) is 7.24. The number of benzene rings is 1. The van der Waals surface area contributed by atoms with E-state index >= 15 is 0 Å². The zero-order valence-corrected chi connectivity index (χ0v) is 14.4. The van der Waals surface area contributed by atoms with Crippen LogP contribution in [0.5, 0.6) is 0 Å². The van der Waals surface area contributed by atoms with Crippen molar-refractivity contribution in [2.24, 2.45) is 0 Å². The van der Waals surface area contributed by atoms with E-state index in [1.807, 2.05) is 47.2 Å². The first-order valence-corrected chi connectivity index (χ1v) is 8.84. The highest BCUT2D eigenvalue weighted by Gasteiger charge is 2.14. The summed E-state index contributed by atoms with van der Waals surface area (Å²) in [5, 5.41) is 15.2. The van der Waals surface area contributed by atoms with Crippen molar-refractivity contribution in [3.05, 3.63) is 77.1 Å². The maximum Gasteiger partial charge on any atom is 0.273 e. The average molecular weight is 362 g/mol. The van der Waals surface area contributed by atoms with Crippen LogP contribution in [0.1, 0.15) is 16.2 Å². The number of para-hydroxylation sites is 1. The van der Waals surface area contributed by atoms with Crippen LogP contribution in [0, 0.1) is 0 Å². The lowest BCUT2D eigenvalue weighted by molar-refractivity contribution is 0.0945. The number of nitrogens with zero attached hydrogens (tertiary/aromatic N) is 5. The van der Waals surface area contributed by atoms with E-state index in [1.54, 1.807) is 23.7 Å². The fourth-order valence-electron chi connectivity index (χ4n) is 2.44. The molecule has 0 saturated carbocycles. The van der Waals surface area contributed by atoms with Crippen LogP contribution in [-0.2, 0) is 6.54 Å². The van der Waals surface area contributed by atoms with Crippen molar-refractivity contribution in [3.8, 4) is 16.9 Å². The van der Waals surface area contributed by atoms with Gasteiger partial charge < -0.3 is 5.32 Å². The summed E-state index contributed by atoms with van der Waals surface area (Å²) in [4.78, 5) is 22.5. The highest BCUT2D eigenvalue weighted by atomic mass is 32.1. The maximum absolute atomic E-state index is 12.4. The molecule has 3 aromatic heterocycles. The Labute approximate surface area is 153 Å². The summed E-state index contributed by atoms with van der Waals surface area (Å²) >= 11 is 1.59. The molecule has 1 N–H and O–H groups in total. The van der Waals surface area contributed by atoms with Gasteiger partial charge in [0.15, 0.2) is 5.69 Å². The summed E-state index contributed by atoms with van der Waals surface area (Å²) < 4.78 is 0. The van der Waals surface area contributed by atoms with Gasteiger partial charge in [0.05, 0.1) is 29.8 Å². The molecule has 0 spiro atoms. The van der Waals surface area contributed by atoms with Crippen molar-refractivity contribution in [2.45, 2.75) is 6.54 Å². The minimum Gasteiger partial charge on any atom is -0.345 e. The maximum atomic E-state index is 12.4. The zero-order chi connectivity index (χ0) is 17.8. The second-order valence-corrected chi connectivity index (χ2v) is 6.18. The predicted octanol–water partition coefficient (Wildman–Crippen LogP) is 2.72. The van der Waals surface area contributed by atoms with Gasteiger partial charge in [-0.1, -0.05) is 18.2 Å². The fourth-order valence-corrected chi connectivity index (χ4v) is 3.08. The van der Waals surface area contributed by atoms with Gasteiger partial charge in [-0.05, 0) is 23.6 Å². The van der Waals surface area contributed by atoms with Crippen LogP contribution in [0.3, 0.4) is 0 Å². The topological polar surface area (TPSA) is 85.6 Å². The Morgan fingerprint density at radius 2 is 1.96 bits per heavy atom. The second-order valence-electron chi connectivity index (χ2n) is 5.40. The largest absolute Gasteiger partial charge is 0.345 e. The molecule has 1 amide bonds. The van der Waals surface area contributed by atoms with Gasteiger partial charge in [-0.15, -0.1) is 5.10 Å². The third-order valence-electron chi connectivity index (χ3n) is 3.70. The van der Waals surface area contributed by atoms with Crippen molar-refractivity contribution < 1.29 is 4.79 Å². The summed E-state index contributed by atoms with van der Waals surface area (Å²) in [5.41, 5.74) is 3.49. The van der Waals surface area contributed by atoms with E-state index in [1.165, 1.54) is 11.0 Å². The number of amides is 1. The Kier molecular flexibility index (Phi) is 4.48. The molecule has 0 aliphatic heterocycles. The minimum absolute atomic E-state index is 0.245. The van der Waals surface area contributed by atoms with E-state index in [0.717, 1.165) is 16.9 Å². The Hall–Kier alpha value is -3.39. The van der Waals surface area contributed by atoms with Crippen molar-refractivity contribution in [2.75, 3.05) is 0 Å². The molecule has 0 aliphatic rings. The molecule has 0 bridgehead atoms. The number of carbonyl (C=O) groups excluding carboxylic acids is 1. The van der Waals surface area contributed by atoms with E-state index in [-0.39, 0.29) is 18.1 Å². The lowest BCUT2D eigenvalue weighted by Gasteiger charge is -2.06. The Morgan fingerprint density at radius 3 is 2.77 bits per heavy atom. The van der Waals surface area contributed by atoms with Crippen molar-refractivity contribution in [1.82, 2.24) is 30.3 Å². The van der Waals surface area contributed by atoms with E-state index in [0.29, 0.717) is 5.69 Å². The van der Waals surface area contributed by atoms with Gasteiger partial charge in [0.1, 0.15) is 0 Å². The molecular weight excluding hydrogens is 348 g/mol. The number of rotatable bonds is 5. The predicted molar refractivity (Wildman–Crippen MR) is 97.9 cm³/mol. The first kappa shape index (κ1) is 16.1. The standard InChI is InChI=1S/C18H14N6OS/c25-18(16-11-22-24(23-16)14-4-2-1-3-5-14)21-10-15-17(20-8-7-19-15)13-6-9-26-12-13/h1-9,11-12H,10H2,(H,21,25). The summed E-state index contributed by atoms with van der Waals surface area (Å²) in [6.45, 7) is 0.260. The van der Waals surface area contributed by atoms with Gasteiger partial charge in [-0.3, -0.25) is 14.8 Å². The first-order valence-electron chi connectivity index (χ1n) is 7.90. The lowest BCUT2D eigenvalue weighted by atomic mass is 10.2. The molecule has 0 fully saturated rings. The first-order chi connectivity index (χ1) is 12.8. The molecule has 0 unspecified atom stereocenters. The molecule has 4 rings (SSSR count). The van der Waals surface area contributed by atoms with Crippen LogP contribution in [0.25, 0.3) is 16.9 Å². The lowest BCUT2D eigenvalue weighted by Crippen LogP contribution is -2.24. The summed E-state index contributed by atoms with van der Waals surface area (Å²) in [6.07, 6.45) is 4.70. The van der Waals surface area contributed by atoms with Crippen LogP contribution >= 0.6 is 11.3 Å². The molecule has 8 heteroatoms. The van der Waals surface area contributed by atoms with Crippen molar-refractivity contribution >= 4 is 17.2 Å². The Morgan fingerprint density at radius 1 is 1.12 bits per heavy atom. The number of nitrogens with one attached hydrogen (secondary N) is 1. The summed E-state index contributed by atoms with van der Waals surface area (Å²) in [7, 11) is 0. The van der Waals surface area contributed by atoms with Crippen LogP contribution < -0.4 is 5.32 Å². The minimum atomic E-state index is -0.311. The van der Waals surface area contributed by atoms with Gasteiger partial charge in [-0.25, -0.2) is 0 Å². The van der Waals surface area contributed by atoms with E-state index in [2.05, 4.69) is 25.5 Å². The molecule has 4 aromatic rings. The van der Waals surface area contributed by atoms with Crippen molar-refractivity contribution in [3.63, 3.8) is 0 Å². The molecule has 7 nitrogen and oxygen atoms in total. The van der Waals surface area contributed by atoms with Gasteiger partial charge in [-0.2, -0.15) is 21.2 Å². The molecular formula is C18H14N6OS. The van der Waals surface area contributed by atoms with Gasteiger partial charge in [0.2, 0.25) is 0 Å². The molecule has 0 radical (unpaired) electrons. The Balaban J connectivity index is 1.48. The molecule has 26 heavy (non-hydrogen) atoms. The highest BCUT2D eigenvalue weighted by molar-refractivity contribution is 7.08. The molecule has 1 aromatic carbocycles. The van der Waals surface area contributed by atoms with E-state index in [9.17, 15) is 4.79 Å². The molecule has 0 atom stereocenters. The Bertz CT molecular complexity index is 1010. The van der Waals surface area contributed by atoms with Crippen LogP contribution in [-0.4, -0.2) is 30.9 Å². The molecule has 0 aliphatic carbocycles. The number of thiophene rings is 1. The van der Waals surface area contributed by atoms with Gasteiger partial charge in [0.25, 0.3) is 5.91 Å². The van der Waals surface area contributed by atoms with Crippen molar-refractivity contribution in [1.29, 1.82) is 0 Å². The molecule has 3 heterocycles. The molecule has 128 valence electrons. The van der Waals surface area contributed by atoms with E-state index < -0.39 is 0 Å². The SMILES string of the molecule is O=C(NCc1nccnc1-c1ccsc1)c1cnn(-c2ccccc2)n1. The average Bonchev–Trinajstić information content (AvgIpc) is 3.39. The quantitative estimate of drug-likeness (QED) is 0.590. The van der Waals surface area contributed by atoms with Crippen LogP contribution in [0.15, 0.2) is 65.7 Å².